The van der Waals surface area contributed by atoms with E-state index < -0.39 is 6.10 Å². The molecule has 0 unspecified atom stereocenters. The van der Waals surface area contributed by atoms with Gasteiger partial charge in [0.1, 0.15) is 0 Å². The Hall–Kier alpha value is -1.84. The van der Waals surface area contributed by atoms with Crippen molar-refractivity contribution in [3.63, 3.8) is 0 Å². The maximum atomic E-state index is 12.0. The summed E-state index contributed by atoms with van der Waals surface area (Å²) in [6.07, 6.45) is -0.743. The summed E-state index contributed by atoms with van der Waals surface area (Å²) in [4.78, 5) is 12.0. The summed E-state index contributed by atoms with van der Waals surface area (Å²) < 4.78 is 0. The van der Waals surface area contributed by atoms with Gasteiger partial charge in [0, 0.05) is 10.6 Å². The lowest BCUT2D eigenvalue weighted by Gasteiger charge is -2.20. The highest BCUT2D eigenvalue weighted by Crippen LogP contribution is 2.17. The maximum absolute atomic E-state index is 12.0. The minimum Gasteiger partial charge on any atom is -0.386 e. The Kier molecular flexibility index (Phi) is 4.77. The molecular weight excluding hydrogens is 274 g/mol. The van der Waals surface area contributed by atoms with Crippen molar-refractivity contribution >= 4 is 17.5 Å². The van der Waals surface area contributed by atoms with Gasteiger partial charge in [0.25, 0.3) is 5.91 Å². The number of halogens is 1. The second kappa shape index (κ2) is 6.55. The lowest BCUT2D eigenvalue weighted by Crippen LogP contribution is -2.37. The number of amides is 1. The van der Waals surface area contributed by atoms with Gasteiger partial charge in [-0.15, -0.1) is 0 Å². The number of nitrogens with one attached hydrogen (secondary N) is 1. The van der Waals surface area contributed by atoms with E-state index in [-0.39, 0.29) is 11.9 Å². The summed E-state index contributed by atoms with van der Waals surface area (Å²) in [5.74, 6) is -0.232. The largest absolute Gasteiger partial charge is 0.386 e. The molecule has 0 aromatic heterocycles. The van der Waals surface area contributed by atoms with E-state index in [1.807, 2.05) is 30.3 Å². The van der Waals surface area contributed by atoms with Gasteiger partial charge in [-0.05, 0) is 36.8 Å². The number of carbonyl (C=O) groups is 1. The van der Waals surface area contributed by atoms with E-state index in [1.165, 1.54) is 0 Å². The van der Waals surface area contributed by atoms with Crippen molar-refractivity contribution in [2.24, 2.45) is 0 Å². The fourth-order valence-corrected chi connectivity index (χ4v) is 2.04. The van der Waals surface area contributed by atoms with Crippen LogP contribution in [0.25, 0.3) is 0 Å². The Morgan fingerprint density at radius 2 is 1.70 bits per heavy atom. The van der Waals surface area contributed by atoms with Crippen molar-refractivity contribution in [3.05, 3.63) is 70.7 Å². The first-order valence-corrected chi connectivity index (χ1v) is 6.75. The zero-order valence-electron chi connectivity index (χ0n) is 11.1. The smallest absolute Gasteiger partial charge is 0.251 e. The second-order valence-corrected chi connectivity index (χ2v) is 5.06. The molecule has 0 aliphatic carbocycles. The molecule has 0 heterocycles. The minimum atomic E-state index is -0.743. The fourth-order valence-electron chi connectivity index (χ4n) is 1.91. The number of rotatable bonds is 4. The van der Waals surface area contributed by atoms with Crippen molar-refractivity contribution in [1.29, 1.82) is 0 Å². The molecule has 0 spiro atoms. The average molecular weight is 290 g/mol. The van der Waals surface area contributed by atoms with Crippen molar-refractivity contribution in [2.45, 2.75) is 19.1 Å². The second-order valence-electron chi connectivity index (χ2n) is 4.62. The van der Waals surface area contributed by atoms with E-state index in [0.717, 1.165) is 5.56 Å². The number of aliphatic hydroxyl groups excluding tert-OH is 1. The van der Waals surface area contributed by atoms with Crippen molar-refractivity contribution in [2.75, 3.05) is 0 Å². The first kappa shape index (κ1) is 14.6. The van der Waals surface area contributed by atoms with E-state index in [4.69, 9.17) is 11.6 Å². The summed E-state index contributed by atoms with van der Waals surface area (Å²) in [6, 6.07) is 15.5. The molecule has 20 heavy (non-hydrogen) atoms. The summed E-state index contributed by atoms with van der Waals surface area (Å²) in [5, 5.41) is 13.6. The van der Waals surface area contributed by atoms with Crippen molar-refractivity contribution in [1.82, 2.24) is 5.32 Å². The van der Waals surface area contributed by atoms with Gasteiger partial charge in [-0.25, -0.2) is 0 Å². The molecule has 2 aromatic rings. The standard InChI is InChI=1S/C16H16ClNO2/c1-11(15(19)12-5-3-2-4-6-12)18-16(20)13-7-9-14(17)10-8-13/h2-11,15,19H,1H3,(H,18,20)/t11-,15-/m1/s1. The third kappa shape index (κ3) is 3.59. The Morgan fingerprint density at radius 1 is 1.10 bits per heavy atom. The third-order valence-electron chi connectivity index (χ3n) is 3.08. The van der Waals surface area contributed by atoms with E-state index in [0.29, 0.717) is 10.6 Å². The molecule has 2 atom stereocenters. The Bertz CT molecular complexity index is 569. The van der Waals surface area contributed by atoms with E-state index >= 15 is 0 Å². The van der Waals surface area contributed by atoms with Gasteiger partial charge >= 0.3 is 0 Å². The molecule has 104 valence electrons. The summed E-state index contributed by atoms with van der Waals surface area (Å²) in [6.45, 7) is 1.77. The number of aliphatic hydroxyl groups is 1. The maximum Gasteiger partial charge on any atom is 0.251 e. The molecule has 0 saturated carbocycles. The van der Waals surface area contributed by atoms with E-state index in [1.54, 1.807) is 31.2 Å². The lowest BCUT2D eigenvalue weighted by molar-refractivity contribution is 0.0852. The molecule has 3 nitrogen and oxygen atoms in total. The highest BCUT2D eigenvalue weighted by Gasteiger charge is 2.18. The molecular formula is C16H16ClNO2. The highest BCUT2D eigenvalue weighted by atomic mass is 35.5. The summed E-state index contributed by atoms with van der Waals surface area (Å²) in [5.41, 5.74) is 1.29. The number of hydrogen-bond acceptors (Lipinski definition) is 2. The summed E-state index contributed by atoms with van der Waals surface area (Å²) in [7, 11) is 0. The van der Waals surface area contributed by atoms with Crippen LogP contribution in [-0.2, 0) is 0 Å². The molecule has 2 rings (SSSR count). The SMILES string of the molecule is C[C@@H](NC(=O)c1ccc(Cl)cc1)[C@@H](O)c1ccccc1. The normalized spacial score (nSPS) is 13.6. The third-order valence-corrected chi connectivity index (χ3v) is 3.33. The predicted molar refractivity (Wildman–Crippen MR) is 79.8 cm³/mol. The van der Waals surface area contributed by atoms with Gasteiger partial charge < -0.3 is 10.4 Å². The first-order valence-electron chi connectivity index (χ1n) is 6.37. The first-order chi connectivity index (χ1) is 9.58. The zero-order valence-corrected chi connectivity index (χ0v) is 11.8. The molecule has 0 radical (unpaired) electrons. The Morgan fingerprint density at radius 3 is 2.30 bits per heavy atom. The van der Waals surface area contributed by atoms with Crippen LogP contribution in [0.3, 0.4) is 0 Å². The molecule has 4 heteroatoms. The molecule has 1 amide bonds. The number of hydrogen-bond donors (Lipinski definition) is 2. The Balaban J connectivity index is 2.02. The van der Waals surface area contributed by atoms with Gasteiger partial charge in [-0.3, -0.25) is 4.79 Å². The topological polar surface area (TPSA) is 49.3 Å². The molecule has 0 fully saturated rings. The average Bonchev–Trinajstić information content (AvgIpc) is 2.48. The van der Waals surface area contributed by atoms with Crippen molar-refractivity contribution < 1.29 is 9.90 Å². The zero-order chi connectivity index (χ0) is 14.5. The molecule has 0 aliphatic heterocycles. The van der Waals surface area contributed by atoms with Gasteiger partial charge in [-0.1, -0.05) is 41.9 Å². The van der Waals surface area contributed by atoms with E-state index in [9.17, 15) is 9.90 Å². The number of benzene rings is 2. The van der Waals surface area contributed by atoms with Crippen LogP contribution in [0.1, 0.15) is 28.9 Å². The van der Waals surface area contributed by atoms with Crippen LogP contribution in [0.2, 0.25) is 5.02 Å². The van der Waals surface area contributed by atoms with Crippen LogP contribution < -0.4 is 5.32 Å². The quantitative estimate of drug-likeness (QED) is 0.908. The number of carbonyl (C=O) groups excluding carboxylic acids is 1. The van der Waals surface area contributed by atoms with Gasteiger partial charge in [0.2, 0.25) is 0 Å². The minimum absolute atomic E-state index is 0.232. The van der Waals surface area contributed by atoms with Crippen molar-refractivity contribution in [3.8, 4) is 0 Å². The monoisotopic (exact) mass is 289 g/mol. The highest BCUT2D eigenvalue weighted by molar-refractivity contribution is 6.30. The van der Waals surface area contributed by atoms with Crippen LogP contribution in [0.15, 0.2) is 54.6 Å². The van der Waals surface area contributed by atoms with Gasteiger partial charge in [0.05, 0.1) is 12.1 Å². The predicted octanol–water partition coefficient (Wildman–Crippen LogP) is 3.19. The molecule has 0 saturated heterocycles. The fraction of sp³-hybridized carbons (Fsp3) is 0.188. The lowest BCUT2D eigenvalue weighted by atomic mass is 10.0. The molecule has 0 aliphatic rings. The molecule has 2 N–H and O–H groups in total. The van der Waals surface area contributed by atoms with Crippen LogP contribution >= 0.6 is 11.6 Å². The molecule has 2 aromatic carbocycles. The summed E-state index contributed by atoms with van der Waals surface area (Å²) >= 11 is 5.78. The van der Waals surface area contributed by atoms with Gasteiger partial charge in [-0.2, -0.15) is 0 Å². The van der Waals surface area contributed by atoms with Crippen LogP contribution in [0.4, 0.5) is 0 Å². The van der Waals surface area contributed by atoms with Crippen LogP contribution in [0.5, 0.6) is 0 Å². The van der Waals surface area contributed by atoms with Crippen LogP contribution in [-0.4, -0.2) is 17.1 Å². The Labute approximate surface area is 123 Å². The van der Waals surface area contributed by atoms with Crippen LogP contribution in [0, 0.1) is 0 Å². The molecule has 0 bridgehead atoms. The van der Waals surface area contributed by atoms with E-state index in [2.05, 4.69) is 5.32 Å². The van der Waals surface area contributed by atoms with Gasteiger partial charge in [0.15, 0.2) is 0 Å².